The van der Waals surface area contributed by atoms with E-state index >= 15 is 0 Å². The number of benzene rings is 1. The molecular weight excluding hydrogens is 318 g/mol. The van der Waals surface area contributed by atoms with Crippen molar-refractivity contribution < 1.29 is 9.00 Å². The van der Waals surface area contributed by atoms with Crippen LogP contribution in [0, 0.1) is 5.92 Å². The van der Waals surface area contributed by atoms with Gasteiger partial charge in [-0.3, -0.25) is 9.00 Å². The van der Waals surface area contributed by atoms with Crippen molar-refractivity contribution >= 4 is 16.7 Å². The van der Waals surface area contributed by atoms with Gasteiger partial charge in [0.15, 0.2) is 0 Å². The molecule has 1 amide bonds. The van der Waals surface area contributed by atoms with Crippen LogP contribution in [-0.4, -0.2) is 33.9 Å². The van der Waals surface area contributed by atoms with Gasteiger partial charge < -0.3 is 4.90 Å². The molecule has 1 aliphatic carbocycles. The Morgan fingerprint density at radius 1 is 1.04 bits per heavy atom. The molecule has 24 heavy (non-hydrogen) atoms. The summed E-state index contributed by atoms with van der Waals surface area (Å²) in [7, 11) is -0.820. The van der Waals surface area contributed by atoms with Gasteiger partial charge in [0.1, 0.15) is 0 Å². The molecule has 2 aliphatic rings. The third-order valence-electron chi connectivity index (χ3n) is 5.29. The number of carbonyl (C=O) groups is 1. The molecule has 4 heteroatoms. The van der Waals surface area contributed by atoms with Gasteiger partial charge in [-0.1, -0.05) is 31.4 Å². The standard InChI is InChI=1S/C20H29NO2S/c22-20(21-12-5-2-6-13-21)19-11-7-10-18(14-19)16-24(23)15-17-8-3-1-4-9-17/h7,10-11,14,17H,1-6,8-9,12-13,15-16H2/t24-/m0/s1. The molecule has 0 aromatic heterocycles. The molecule has 1 aromatic carbocycles. The number of hydrogen-bond donors (Lipinski definition) is 0. The van der Waals surface area contributed by atoms with E-state index in [0.717, 1.165) is 42.8 Å². The largest absolute Gasteiger partial charge is 0.339 e. The van der Waals surface area contributed by atoms with Crippen molar-refractivity contribution in [2.45, 2.75) is 57.1 Å². The highest BCUT2D eigenvalue weighted by molar-refractivity contribution is 7.84. The minimum atomic E-state index is -0.820. The van der Waals surface area contributed by atoms with E-state index in [0.29, 0.717) is 11.7 Å². The molecule has 132 valence electrons. The first-order valence-electron chi connectivity index (χ1n) is 9.45. The van der Waals surface area contributed by atoms with E-state index in [1.54, 1.807) is 0 Å². The zero-order chi connectivity index (χ0) is 16.8. The normalized spacial score (nSPS) is 20.8. The van der Waals surface area contributed by atoms with Crippen LogP contribution in [0.4, 0.5) is 0 Å². The van der Waals surface area contributed by atoms with Gasteiger partial charge in [-0.15, -0.1) is 0 Å². The molecule has 1 saturated carbocycles. The van der Waals surface area contributed by atoms with Crippen LogP contribution in [0.1, 0.15) is 67.3 Å². The summed E-state index contributed by atoms with van der Waals surface area (Å²) in [4.78, 5) is 14.6. The molecule has 0 bridgehead atoms. The van der Waals surface area contributed by atoms with Crippen molar-refractivity contribution in [3.05, 3.63) is 35.4 Å². The van der Waals surface area contributed by atoms with E-state index < -0.39 is 10.8 Å². The van der Waals surface area contributed by atoms with Crippen molar-refractivity contribution in [3.63, 3.8) is 0 Å². The minimum Gasteiger partial charge on any atom is -0.339 e. The molecule has 0 radical (unpaired) electrons. The fourth-order valence-electron chi connectivity index (χ4n) is 3.94. The van der Waals surface area contributed by atoms with Crippen LogP contribution in [0.5, 0.6) is 0 Å². The van der Waals surface area contributed by atoms with Gasteiger partial charge in [0.2, 0.25) is 0 Å². The van der Waals surface area contributed by atoms with E-state index in [1.807, 2.05) is 29.2 Å². The monoisotopic (exact) mass is 347 g/mol. The number of likely N-dealkylation sites (tertiary alicyclic amines) is 1. The molecule has 1 heterocycles. The summed E-state index contributed by atoms with van der Waals surface area (Å²) in [5.41, 5.74) is 1.79. The molecule has 1 saturated heterocycles. The molecule has 2 fully saturated rings. The Labute approximate surface area is 148 Å². The van der Waals surface area contributed by atoms with Gasteiger partial charge in [0.05, 0.1) is 0 Å². The molecule has 3 nitrogen and oxygen atoms in total. The van der Waals surface area contributed by atoms with Crippen LogP contribution in [0.25, 0.3) is 0 Å². The van der Waals surface area contributed by atoms with E-state index in [4.69, 9.17) is 0 Å². The third kappa shape index (κ3) is 4.92. The van der Waals surface area contributed by atoms with Crippen molar-refractivity contribution in [2.24, 2.45) is 5.92 Å². The average Bonchev–Trinajstić information content (AvgIpc) is 2.63. The maximum Gasteiger partial charge on any atom is 0.253 e. The maximum atomic E-state index is 12.6. The summed E-state index contributed by atoms with van der Waals surface area (Å²) in [6.07, 6.45) is 9.84. The predicted octanol–water partition coefficient (Wildman–Crippen LogP) is 4.14. The highest BCUT2D eigenvalue weighted by atomic mass is 32.2. The van der Waals surface area contributed by atoms with Crippen molar-refractivity contribution in [1.82, 2.24) is 4.90 Å². The second-order valence-electron chi connectivity index (χ2n) is 7.31. The van der Waals surface area contributed by atoms with Gasteiger partial charge in [0, 0.05) is 41.0 Å². The first kappa shape index (κ1) is 17.7. The zero-order valence-corrected chi connectivity index (χ0v) is 15.4. The molecule has 0 spiro atoms. The van der Waals surface area contributed by atoms with Crippen LogP contribution < -0.4 is 0 Å². The number of piperidine rings is 1. The number of hydrogen-bond acceptors (Lipinski definition) is 2. The Bertz CT molecular complexity index is 575. The van der Waals surface area contributed by atoms with E-state index in [2.05, 4.69) is 0 Å². The lowest BCUT2D eigenvalue weighted by atomic mass is 9.91. The second kappa shape index (κ2) is 8.80. The van der Waals surface area contributed by atoms with E-state index in [-0.39, 0.29) is 5.91 Å². The highest BCUT2D eigenvalue weighted by Crippen LogP contribution is 2.25. The Hall–Kier alpha value is -1.16. The Kier molecular flexibility index (Phi) is 6.47. The summed E-state index contributed by atoms with van der Waals surface area (Å²) in [5, 5.41) is 0. The SMILES string of the molecule is O=C(c1cccc(C[S@@](=O)CC2CCCCC2)c1)N1CCCCC1. The highest BCUT2D eigenvalue weighted by Gasteiger charge is 2.19. The zero-order valence-electron chi connectivity index (χ0n) is 14.5. The first-order valence-corrected chi connectivity index (χ1v) is 10.9. The average molecular weight is 348 g/mol. The lowest BCUT2D eigenvalue weighted by Crippen LogP contribution is -2.35. The van der Waals surface area contributed by atoms with Crippen molar-refractivity contribution in [1.29, 1.82) is 0 Å². The van der Waals surface area contributed by atoms with Gasteiger partial charge in [0.25, 0.3) is 5.91 Å². The maximum absolute atomic E-state index is 12.6. The van der Waals surface area contributed by atoms with E-state index in [9.17, 15) is 9.00 Å². The summed E-state index contributed by atoms with van der Waals surface area (Å²) < 4.78 is 12.5. The van der Waals surface area contributed by atoms with Crippen LogP contribution in [0.15, 0.2) is 24.3 Å². The summed E-state index contributed by atoms with van der Waals surface area (Å²) in [6, 6.07) is 7.79. The van der Waals surface area contributed by atoms with Crippen LogP contribution in [-0.2, 0) is 16.6 Å². The third-order valence-corrected chi connectivity index (χ3v) is 6.79. The van der Waals surface area contributed by atoms with E-state index in [1.165, 1.54) is 38.5 Å². The quantitative estimate of drug-likeness (QED) is 0.803. The van der Waals surface area contributed by atoms with Crippen molar-refractivity contribution in [2.75, 3.05) is 18.8 Å². The fraction of sp³-hybridized carbons (Fsp3) is 0.650. The molecule has 1 aromatic rings. The molecular formula is C20H29NO2S. The number of carbonyl (C=O) groups excluding carboxylic acids is 1. The Morgan fingerprint density at radius 2 is 1.75 bits per heavy atom. The first-order chi connectivity index (χ1) is 11.7. The lowest BCUT2D eigenvalue weighted by molar-refractivity contribution is 0.0724. The summed E-state index contributed by atoms with van der Waals surface area (Å²) in [5.74, 6) is 2.18. The molecule has 1 aliphatic heterocycles. The van der Waals surface area contributed by atoms with Crippen LogP contribution in [0.3, 0.4) is 0 Å². The molecule has 1 atom stereocenters. The number of amides is 1. The predicted molar refractivity (Wildman–Crippen MR) is 99.5 cm³/mol. The number of nitrogens with zero attached hydrogens (tertiary/aromatic N) is 1. The summed E-state index contributed by atoms with van der Waals surface area (Å²) >= 11 is 0. The number of rotatable bonds is 5. The molecule has 3 rings (SSSR count). The summed E-state index contributed by atoms with van der Waals surface area (Å²) in [6.45, 7) is 1.74. The van der Waals surface area contributed by atoms with Crippen molar-refractivity contribution in [3.8, 4) is 0 Å². The molecule has 0 unspecified atom stereocenters. The lowest BCUT2D eigenvalue weighted by Gasteiger charge is -2.26. The Morgan fingerprint density at radius 3 is 2.50 bits per heavy atom. The second-order valence-corrected chi connectivity index (χ2v) is 8.81. The van der Waals surface area contributed by atoms with Gasteiger partial charge in [-0.05, 0) is 55.7 Å². The van der Waals surface area contributed by atoms with Gasteiger partial charge >= 0.3 is 0 Å². The minimum absolute atomic E-state index is 0.134. The van der Waals surface area contributed by atoms with Crippen LogP contribution in [0.2, 0.25) is 0 Å². The van der Waals surface area contributed by atoms with Crippen LogP contribution >= 0.6 is 0 Å². The smallest absolute Gasteiger partial charge is 0.253 e. The van der Waals surface area contributed by atoms with Gasteiger partial charge in [-0.2, -0.15) is 0 Å². The topological polar surface area (TPSA) is 37.4 Å². The Balaban J connectivity index is 1.57. The molecule has 0 N–H and O–H groups in total. The van der Waals surface area contributed by atoms with Gasteiger partial charge in [-0.25, -0.2) is 0 Å². The fourth-order valence-corrected chi connectivity index (χ4v) is 5.46.